The molecule has 0 aliphatic carbocycles. The third-order valence-electron chi connectivity index (χ3n) is 6.35. The molecule has 11 heteroatoms. The van der Waals surface area contributed by atoms with Crippen LogP contribution in [0.1, 0.15) is 41.0 Å². The monoisotopic (exact) mass is 489 g/mol. The van der Waals surface area contributed by atoms with Gasteiger partial charge < -0.3 is 15.2 Å². The van der Waals surface area contributed by atoms with Crippen molar-refractivity contribution in [2.24, 2.45) is 7.05 Å². The second-order valence-electron chi connectivity index (χ2n) is 8.58. The van der Waals surface area contributed by atoms with Gasteiger partial charge >= 0.3 is 0 Å². The molecule has 3 aromatic heterocycles. The number of Topliss-reactive ketones (excluding diaryl/α,β-unsaturated/α-hetero) is 1. The van der Waals surface area contributed by atoms with Crippen molar-refractivity contribution < 1.29 is 18.4 Å². The van der Waals surface area contributed by atoms with Crippen molar-refractivity contribution in [1.29, 1.82) is 0 Å². The summed E-state index contributed by atoms with van der Waals surface area (Å²) in [5.41, 5.74) is 6.81. The minimum Gasteiger partial charge on any atom is -0.383 e. The van der Waals surface area contributed by atoms with Crippen molar-refractivity contribution in [3.8, 4) is 11.8 Å². The molecule has 1 saturated heterocycles. The van der Waals surface area contributed by atoms with Gasteiger partial charge in [-0.3, -0.25) is 14.3 Å². The predicted octanol–water partition coefficient (Wildman–Crippen LogP) is 2.74. The molecule has 0 radical (unpaired) electrons. The average Bonchev–Trinajstić information content (AvgIpc) is 3.57. The zero-order valence-electron chi connectivity index (χ0n) is 19.5. The number of likely N-dealkylation sites (tertiary alicyclic amines) is 1. The molecule has 9 nitrogen and oxygen atoms in total. The van der Waals surface area contributed by atoms with Crippen LogP contribution in [0.25, 0.3) is 21.9 Å². The zero-order valence-corrected chi connectivity index (χ0v) is 19.5. The summed E-state index contributed by atoms with van der Waals surface area (Å²) in [4.78, 5) is 34.2. The summed E-state index contributed by atoms with van der Waals surface area (Å²) in [7, 11) is 1.63. The summed E-state index contributed by atoms with van der Waals surface area (Å²) in [6, 6.07) is 0.893. The van der Waals surface area contributed by atoms with Crippen LogP contribution in [-0.2, 0) is 11.8 Å². The van der Waals surface area contributed by atoms with Crippen LogP contribution < -0.4 is 5.73 Å². The van der Waals surface area contributed by atoms with Crippen molar-refractivity contribution in [1.82, 2.24) is 29.2 Å². The van der Waals surface area contributed by atoms with E-state index in [2.05, 4.69) is 33.5 Å². The number of anilines is 1. The van der Waals surface area contributed by atoms with Crippen LogP contribution in [0.2, 0.25) is 0 Å². The Bertz CT molecular complexity index is 1660. The number of ketones is 1. The Morgan fingerprint density at radius 3 is 2.78 bits per heavy atom. The standard InChI is InChI=1S/C25H21F2N7O2/c1-4-20(36)33-8-7-14(11-33)34-24-16(13(2)35)10-29-25(28)21(24)18(31-34)6-5-15-17(26)9-19-23(22(15)27)30-12-32(19)3/h4,9-10,12,14H,1,7-8,11H2,2-3H3,(H2,28,29)/t14-/m0/s1. The number of benzene rings is 1. The van der Waals surface area contributed by atoms with E-state index in [4.69, 9.17) is 5.73 Å². The smallest absolute Gasteiger partial charge is 0.246 e. The minimum absolute atomic E-state index is 0.00318. The lowest BCUT2D eigenvalue weighted by atomic mass is 10.1. The number of rotatable bonds is 3. The van der Waals surface area contributed by atoms with Gasteiger partial charge in [0.25, 0.3) is 0 Å². The number of imidazole rings is 1. The highest BCUT2D eigenvalue weighted by Gasteiger charge is 2.30. The molecule has 4 heterocycles. The molecule has 1 aliphatic rings. The van der Waals surface area contributed by atoms with Gasteiger partial charge in [0.1, 0.15) is 22.8 Å². The SMILES string of the molecule is C=CC(=O)N1CC[C@H](n2nc(C#Cc3c(F)cc4c(ncn4C)c3F)c3c(N)ncc(C(C)=O)c32)C1. The number of hydrogen-bond donors (Lipinski definition) is 1. The van der Waals surface area contributed by atoms with Crippen molar-refractivity contribution >= 4 is 39.4 Å². The fourth-order valence-corrected chi connectivity index (χ4v) is 4.51. The van der Waals surface area contributed by atoms with Crippen molar-refractivity contribution in [2.45, 2.75) is 19.4 Å². The fourth-order valence-electron chi connectivity index (χ4n) is 4.51. The Balaban J connectivity index is 1.69. The number of amides is 1. The predicted molar refractivity (Wildman–Crippen MR) is 129 cm³/mol. The van der Waals surface area contributed by atoms with Gasteiger partial charge in [0.15, 0.2) is 11.6 Å². The van der Waals surface area contributed by atoms with Gasteiger partial charge in [0.2, 0.25) is 5.91 Å². The van der Waals surface area contributed by atoms with Gasteiger partial charge in [-0.1, -0.05) is 12.5 Å². The highest BCUT2D eigenvalue weighted by atomic mass is 19.1. The lowest BCUT2D eigenvalue weighted by molar-refractivity contribution is -0.125. The number of nitrogens with zero attached hydrogens (tertiary/aromatic N) is 6. The molecule has 2 N–H and O–H groups in total. The van der Waals surface area contributed by atoms with Crippen LogP contribution >= 0.6 is 0 Å². The lowest BCUT2D eigenvalue weighted by Gasteiger charge is -2.16. The molecule has 182 valence electrons. The molecule has 0 spiro atoms. The highest BCUT2D eigenvalue weighted by molar-refractivity contribution is 6.09. The third-order valence-corrected chi connectivity index (χ3v) is 6.35. The maximum absolute atomic E-state index is 15.0. The maximum Gasteiger partial charge on any atom is 0.246 e. The number of nitrogens with two attached hydrogens (primary N) is 1. The number of aromatic nitrogens is 5. The van der Waals surface area contributed by atoms with Crippen LogP contribution in [-0.4, -0.2) is 54.0 Å². The Labute approximate surface area is 204 Å². The van der Waals surface area contributed by atoms with E-state index in [0.717, 1.165) is 0 Å². The maximum atomic E-state index is 15.0. The van der Waals surface area contributed by atoms with Crippen molar-refractivity contribution in [3.63, 3.8) is 0 Å². The van der Waals surface area contributed by atoms with Crippen LogP contribution in [0.5, 0.6) is 0 Å². The number of hydrogen-bond acceptors (Lipinski definition) is 6. The number of carbonyl (C=O) groups is 2. The number of nitrogen functional groups attached to an aromatic ring is 1. The topological polar surface area (TPSA) is 112 Å². The fraction of sp³-hybridized carbons (Fsp3) is 0.240. The summed E-state index contributed by atoms with van der Waals surface area (Å²) in [5, 5.41) is 4.89. The number of carbonyl (C=O) groups excluding carboxylic acids is 2. The van der Waals surface area contributed by atoms with Crippen LogP contribution in [0, 0.1) is 23.5 Å². The van der Waals surface area contributed by atoms with E-state index in [1.54, 1.807) is 16.6 Å². The van der Waals surface area contributed by atoms with Crippen LogP contribution in [0.4, 0.5) is 14.6 Å². The second kappa shape index (κ2) is 8.57. The van der Waals surface area contributed by atoms with Crippen molar-refractivity contribution in [3.05, 3.63) is 59.7 Å². The number of fused-ring (bicyclic) bond motifs is 2. The first-order chi connectivity index (χ1) is 17.2. The average molecular weight is 489 g/mol. The quantitative estimate of drug-likeness (QED) is 0.269. The van der Waals surface area contributed by atoms with E-state index >= 15 is 4.39 Å². The second-order valence-corrected chi connectivity index (χ2v) is 8.58. The molecular weight excluding hydrogens is 468 g/mol. The normalized spacial score (nSPS) is 15.3. The molecule has 1 aliphatic heterocycles. The minimum atomic E-state index is -0.883. The Morgan fingerprint density at radius 2 is 2.06 bits per heavy atom. The van der Waals surface area contributed by atoms with E-state index in [1.165, 1.54) is 36.2 Å². The molecule has 0 unspecified atom stereocenters. The third kappa shape index (κ3) is 3.58. The molecule has 1 fully saturated rings. The van der Waals surface area contributed by atoms with Crippen LogP contribution in [0.15, 0.2) is 31.2 Å². The van der Waals surface area contributed by atoms with Gasteiger partial charge in [-0.15, -0.1) is 0 Å². The first-order valence-electron chi connectivity index (χ1n) is 11.1. The van der Waals surface area contributed by atoms with E-state index in [0.29, 0.717) is 35.9 Å². The van der Waals surface area contributed by atoms with E-state index in [9.17, 15) is 14.0 Å². The number of pyridine rings is 1. The number of halogens is 2. The summed E-state index contributed by atoms with van der Waals surface area (Å²) in [6.45, 7) is 5.74. The Hall–Kier alpha value is -4.59. The molecule has 5 rings (SSSR count). The molecule has 4 aromatic rings. The zero-order chi connectivity index (χ0) is 25.7. The Morgan fingerprint density at radius 1 is 1.28 bits per heavy atom. The van der Waals surface area contributed by atoms with Gasteiger partial charge in [0.05, 0.1) is 39.9 Å². The Kier molecular flexibility index (Phi) is 5.51. The first kappa shape index (κ1) is 23.2. The van der Waals surface area contributed by atoms with E-state index in [1.807, 2.05) is 0 Å². The first-order valence-corrected chi connectivity index (χ1v) is 11.1. The lowest BCUT2D eigenvalue weighted by Crippen LogP contribution is -2.27. The summed E-state index contributed by atoms with van der Waals surface area (Å²) >= 11 is 0. The molecule has 0 bridgehead atoms. The molecule has 1 amide bonds. The van der Waals surface area contributed by atoms with Gasteiger partial charge in [-0.05, 0) is 25.3 Å². The van der Waals surface area contributed by atoms with E-state index in [-0.39, 0.29) is 40.3 Å². The summed E-state index contributed by atoms with van der Waals surface area (Å²) in [5.74, 6) is 3.14. The summed E-state index contributed by atoms with van der Waals surface area (Å²) in [6.07, 6.45) is 4.57. The van der Waals surface area contributed by atoms with E-state index < -0.39 is 17.2 Å². The molecule has 36 heavy (non-hydrogen) atoms. The molecule has 0 saturated carbocycles. The largest absolute Gasteiger partial charge is 0.383 e. The van der Waals surface area contributed by atoms with Gasteiger partial charge in [0, 0.05) is 32.4 Å². The molecule has 1 aromatic carbocycles. The van der Waals surface area contributed by atoms with Crippen LogP contribution in [0.3, 0.4) is 0 Å². The number of aryl methyl sites for hydroxylation is 1. The molecular formula is C25H21F2N7O2. The van der Waals surface area contributed by atoms with Gasteiger partial charge in [-0.25, -0.2) is 18.7 Å². The van der Waals surface area contributed by atoms with Gasteiger partial charge in [-0.2, -0.15) is 5.10 Å². The van der Waals surface area contributed by atoms with Crippen molar-refractivity contribution in [2.75, 3.05) is 18.8 Å². The molecule has 1 atom stereocenters. The summed E-state index contributed by atoms with van der Waals surface area (Å²) < 4.78 is 32.9. The highest BCUT2D eigenvalue weighted by Crippen LogP contribution is 2.32.